The van der Waals surface area contributed by atoms with E-state index in [0.29, 0.717) is 29.3 Å². The Bertz CT molecular complexity index is 452. The quantitative estimate of drug-likeness (QED) is 0.792. The Morgan fingerprint density at radius 1 is 1.14 bits per heavy atom. The van der Waals surface area contributed by atoms with Gasteiger partial charge in [0.2, 0.25) is 0 Å². The standard InChI is InChI=1S/C16H25N3OS/c1-12(2)19(13(3)4)11-10-17-16(21)18-15(20)14-8-6-5-7-9-14/h5-9,12-13H,10-11H2,1-4H3,(H2,17,18,20,21). The van der Waals surface area contributed by atoms with Gasteiger partial charge in [0.25, 0.3) is 5.91 Å². The van der Waals surface area contributed by atoms with Crippen LogP contribution in [0.25, 0.3) is 0 Å². The summed E-state index contributed by atoms with van der Waals surface area (Å²) < 4.78 is 0. The van der Waals surface area contributed by atoms with Crippen molar-refractivity contribution < 1.29 is 4.79 Å². The number of hydrogen-bond donors (Lipinski definition) is 2. The van der Waals surface area contributed by atoms with Gasteiger partial charge in [0.1, 0.15) is 0 Å². The van der Waals surface area contributed by atoms with Gasteiger partial charge < -0.3 is 5.32 Å². The monoisotopic (exact) mass is 307 g/mol. The number of benzene rings is 1. The van der Waals surface area contributed by atoms with Crippen LogP contribution >= 0.6 is 12.2 Å². The minimum Gasteiger partial charge on any atom is -0.361 e. The van der Waals surface area contributed by atoms with Gasteiger partial charge in [-0.25, -0.2) is 0 Å². The highest BCUT2D eigenvalue weighted by molar-refractivity contribution is 7.80. The van der Waals surface area contributed by atoms with Gasteiger partial charge in [0.15, 0.2) is 5.11 Å². The minimum atomic E-state index is -0.183. The van der Waals surface area contributed by atoms with Gasteiger partial charge in [-0.05, 0) is 52.0 Å². The van der Waals surface area contributed by atoms with Gasteiger partial charge in [0, 0.05) is 30.7 Å². The fraction of sp³-hybridized carbons (Fsp3) is 0.500. The summed E-state index contributed by atoms with van der Waals surface area (Å²) >= 11 is 5.15. The minimum absolute atomic E-state index is 0.183. The molecule has 0 heterocycles. The first kappa shape index (κ1) is 17.6. The molecule has 2 N–H and O–H groups in total. The number of carbonyl (C=O) groups is 1. The van der Waals surface area contributed by atoms with E-state index in [4.69, 9.17) is 12.2 Å². The summed E-state index contributed by atoms with van der Waals surface area (Å²) in [5, 5.41) is 6.14. The van der Waals surface area contributed by atoms with Crippen LogP contribution in [0.2, 0.25) is 0 Å². The average Bonchev–Trinajstić information content (AvgIpc) is 2.43. The Morgan fingerprint density at radius 2 is 1.71 bits per heavy atom. The zero-order valence-corrected chi connectivity index (χ0v) is 14.0. The van der Waals surface area contributed by atoms with Gasteiger partial charge in [-0.15, -0.1) is 0 Å². The number of carbonyl (C=O) groups excluding carboxylic acids is 1. The first-order valence-corrected chi connectivity index (χ1v) is 7.72. The lowest BCUT2D eigenvalue weighted by Crippen LogP contribution is -2.45. The van der Waals surface area contributed by atoms with E-state index in [2.05, 4.69) is 43.2 Å². The molecule has 0 saturated heterocycles. The number of nitrogens with one attached hydrogen (secondary N) is 2. The van der Waals surface area contributed by atoms with Gasteiger partial charge >= 0.3 is 0 Å². The number of amides is 1. The summed E-state index contributed by atoms with van der Waals surface area (Å²) in [6, 6.07) is 10.0. The summed E-state index contributed by atoms with van der Waals surface area (Å²) in [5.74, 6) is -0.183. The van der Waals surface area contributed by atoms with Gasteiger partial charge in [0.05, 0.1) is 0 Å². The molecule has 0 spiro atoms. The Labute approximate surface area is 132 Å². The fourth-order valence-electron chi connectivity index (χ4n) is 2.22. The predicted molar refractivity (Wildman–Crippen MR) is 91.5 cm³/mol. The first-order chi connectivity index (χ1) is 9.91. The van der Waals surface area contributed by atoms with Crippen LogP contribution in [0.5, 0.6) is 0 Å². The SMILES string of the molecule is CC(C)N(CCNC(=S)NC(=O)c1ccccc1)C(C)C. The predicted octanol–water partition coefficient (Wildman–Crippen LogP) is 2.41. The molecule has 1 amide bonds. The van der Waals surface area contributed by atoms with Crippen molar-refractivity contribution in [2.45, 2.75) is 39.8 Å². The van der Waals surface area contributed by atoms with Crippen LogP contribution in [0.15, 0.2) is 30.3 Å². The van der Waals surface area contributed by atoms with Crippen LogP contribution in [0.3, 0.4) is 0 Å². The van der Waals surface area contributed by atoms with E-state index in [1.807, 2.05) is 18.2 Å². The molecule has 5 heteroatoms. The molecular formula is C16H25N3OS. The van der Waals surface area contributed by atoms with Crippen molar-refractivity contribution in [2.75, 3.05) is 13.1 Å². The second-order valence-electron chi connectivity index (χ2n) is 5.50. The molecule has 21 heavy (non-hydrogen) atoms. The third-order valence-corrected chi connectivity index (χ3v) is 3.49. The van der Waals surface area contributed by atoms with Crippen molar-refractivity contribution in [2.24, 2.45) is 0 Å². The van der Waals surface area contributed by atoms with E-state index in [0.717, 1.165) is 6.54 Å². The van der Waals surface area contributed by atoms with Crippen molar-refractivity contribution in [3.63, 3.8) is 0 Å². The summed E-state index contributed by atoms with van der Waals surface area (Å²) in [5.41, 5.74) is 0.604. The molecule has 0 atom stereocenters. The van der Waals surface area contributed by atoms with Crippen molar-refractivity contribution in [1.29, 1.82) is 0 Å². The molecule has 0 unspecified atom stereocenters. The highest BCUT2D eigenvalue weighted by Crippen LogP contribution is 2.03. The topological polar surface area (TPSA) is 44.4 Å². The summed E-state index contributed by atoms with van der Waals surface area (Å²) in [4.78, 5) is 14.3. The molecule has 0 aromatic heterocycles. The highest BCUT2D eigenvalue weighted by atomic mass is 32.1. The molecule has 1 aromatic rings. The summed E-state index contributed by atoms with van der Waals surface area (Å²) in [6.45, 7) is 10.3. The smallest absolute Gasteiger partial charge is 0.257 e. The van der Waals surface area contributed by atoms with Crippen molar-refractivity contribution in [3.05, 3.63) is 35.9 Å². The zero-order chi connectivity index (χ0) is 15.8. The molecule has 0 aliphatic heterocycles. The third-order valence-electron chi connectivity index (χ3n) is 3.25. The number of nitrogens with zero attached hydrogens (tertiary/aromatic N) is 1. The lowest BCUT2D eigenvalue weighted by molar-refractivity contribution is 0.0976. The third kappa shape index (κ3) is 6.23. The largest absolute Gasteiger partial charge is 0.361 e. The molecule has 0 aliphatic carbocycles. The molecular weight excluding hydrogens is 282 g/mol. The maximum Gasteiger partial charge on any atom is 0.257 e. The second-order valence-corrected chi connectivity index (χ2v) is 5.91. The average molecular weight is 307 g/mol. The van der Waals surface area contributed by atoms with Gasteiger partial charge in [-0.2, -0.15) is 0 Å². The molecule has 4 nitrogen and oxygen atoms in total. The molecule has 0 fully saturated rings. The molecule has 0 bridgehead atoms. The molecule has 116 valence electrons. The first-order valence-electron chi connectivity index (χ1n) is 7.31. The molecule has 0 radical (unpaired) electrons. The molecule has 1 aromatic carbocycles. The van der Waals surface area contributed by atoms with Gasteiger partial charge in [-0.3, -0.25) is 15.0 Å². The van der Waals surface area contributed by atoms with Crippen molar-refractivity contribution >= 4 is 23.2 Å². The van der Waals surface area contributed by atoms with E-state index in [9.17, 15) is 4.79 Å². The maximum absolute atomic E-state index is 11.9. The Morgan fingerprint density at radius 3 is 2.24 bits per heavy atom. The Balaban J connectivity index is 2.36. The van der Waals surface area contributed by atoms with Gasteiger partial charge in [-0.1, -0.05) is 18.2 Å². The van der Waals surface area contributed by atoms with Crippen molar-refractivity contribution in [3.8, 4) is 0 Å². The highest BCUT2D eigenvalue weighted by Gasteiger charge is 2.13. The summed E-state index contributed by atoms with van der Waals surface area (Å²) in [6.07, 6.45) is 0. The lowest BCUT2D eigenvalue weighted by Gasteiger charge is -2.30. The normalized spacial score (nSPS) is 11.0. The van der Waals surface area contributed by atoms with Crippen molar-refractivity contribution in [1.82, 2.24) is 15.5 Å². The van der Waals surface area contributed by atoms with E-state index in [1.165, 1.54) is 0 Å². The summed E-state index contributed by atoms with van der Waals surface area (Å²) in [7, 11) is 0. The van der Waals surface area contributed by atoms with Crippen LogP contribution < -0.4 is 10.6 Å². The maximum atomic E-state index is 11.9. The van der Waals surface area contributed by atoms with Crippen LogP contribution in [0, 0.1) is 0 Å². The van der Waals surface area contributed by atoms with Crippen LogP contribution in [0.1, 0.15) is 38.1 Å². The second kappa shape index (κ2) is 8.74. The van der Waals surface area contributed by atoms with Crippen LogP contribution in [0.4, 0.5) is 0 Å². The number of thiocarbonyl (C=S) groups is 1. The number of hydrogen-bond acceptors (Lipinski definition) is 3. The molecule has 0 aliphatic rings. The van der Waals surface area contributed by atoms with E-state index in [1.54, 1.807) is 12.1 Å². The zero-order valence-electron chi connectivity index (χ0n) is 13.2. The molecule has 1 rings (SSSR count). The van der Waals surface area contributed by atoms with Crippen LogP contribution in [-0.4, -0.2) is 41.1 Å². The molecule has 0 saturated carbocycles. The van der Waals surface area contributed by atoms with Crippen LogP contribution in [-0.2, 0) is 0 Å². The fourth-order valence-corrected chi connectivity index (χ4v) is 2.41. The van der Waals surface area contributed by atoms with E-state index >= 15 is 0 Å². The Hall–Kier alpha value is -1.46. The van der Waals surface area contributed by atoms with E-state index in [-0.39, 0.29) is 5.91 Å². The lowest BCUT2D eigenvalue weighted by atomic mass is 10.2. The number of rotatable bonds is 6. The van der Waals surface area contributed by atoms with E-state index < -0.39 is 0 Å². The Kier molecular flexibility index (Phi) is 7.32.